The molecule has 0 aliphatic rings. The van der Waals surface area contributed by atoms with Crippen molar-refractivity contribution in [2.75, 3.05) is 6.61 Å². The molecule has 0 unspecified atom stereocenters. The SMILES string of the molecule is C[Si](C)(C)/C=C\COO. The van der Waals surface area contributed by atoms with Crippen LogP contribution in [0.15, 0.2) is 11.8 Å². The van der Waals surface area contributed by atoms with Gasteiger partial charge in [-0.15, -0.1) is 0 Å². The molecule has 0 aromatic carbocycles. The number of hydrogen-bond acceptors (Lipinski definition) is 2. The summed E-state index contributed by atoms with van der Waals surface area (Å²) in [6, 6.07) is 0. The molecular formula is C6H14O2Si. The predicted octanol–water partition coefficient (Wildman–Crippen LogP) is 1.91. The minimum Gasteiger partial charge on any atom is -0.252 e. The van der Waals surface area contributed by atoms with Crippen molar-refractivity contribution in [1.82, 2.24) is 0 Å². The lowest BCUT2D eigenvalue weighted by molar-refractivity contribution is -0.231. The minimum absolute atomic E-state index is 0.310. The van der Waals surface area contributed by atoms with Gasteiger partial charge in [-0.05, 0) is 0 Å². The van der Waals surface area contributed by atoms with Crippen LogP contribution in [0.1, 0.15) is 0 Å². The van der Waals surface area contributed by atoms with Crippen LogP contribution in [0, 0.1) is 0 Å². The largest absolute Gasteiger partial charge is 0.252 e. The maximum atomic E-state index is 7.93. The molecule has 0 aromatic rings. The first-order valence-electron chi connectivity index (χ1n) is 3.00. The molecule has 0 aliphatic heterocycles. The summed E-state index contributed by atoms with van der Waals surface area (Å²) < 4.78 is 0. The highest BCUT2D eigenvalue weighted by atomic mass is 28.3. The fourth-order valence-corrected chi connectivity index (χ4v) is 1.25. The van der Waals surface area contributed by atoms with Crippen LogP contribution in [0.5, 0.6) is 0 Å². The third kappa shape index (κ3) is 7.88. The molecule has 0 spiro atoms. The van der Waals surface area contributed by atoms with E-state index in [4.69, 9.17) is 5.26 Å². The molecule has 3 heteroatoms. The Hall–Kier alpha value is -0.123. The summed E-state index contributed by atoms with van der Waals surface area (Å²) in [7, 11) is -1.07. The lowest BCUT2D eigenvalue weighted by Gasteiger charge is -2.06. The number of hydrogen-bond donors (Lipinski definition) is 1. The first-order valence-corrected chi connectivity index (χ1v) is 6.58. The van der Waals surface area contributed by atoms with Crippen LogP contribution in [0.2, 0.25) is 19.6 Å². The standard InChI is InChI=1S/C6H14O2Si/c1-9(2,3)6-4-5-8-7/h4,6-7H,5H2,1-3H3/b6-4-. The zero-order valence-electron chi connectivity index (χ0n) is 6.22. The normalized spacial score (nSPS) is 12.9. The number of rotatable bonds is 3. The summed E-state index contributed by atoms with van der Waals surface area (Å²) in [5.41, 5.74) is 2.13. The van der Waals surface area contributed by atoms with Crippen LogP contribution < -0.4 is 0 Å². The van der Waals surface area contributed by atoms with Crippen molar-refractivity contribution < 1.29 is 10.1 Å². The second kappa shape index (κ2) is 3.82. The van der Waals surface area contributed by atoms with Crippen LogP contribution in [-0.2, 0) is 4.89 Å². The quantitative estimate of drug-likeness (QED) is 0.374. The van der Waals surface area contributed by atoms with Crippen molar-refractivity contribution in [2.24, 2.45) is 0 Å². The van der Waals surface area contributed by atoms with E-state index in [1.807, 2.05) is 6.08 Å². The highest BCUT2D eigenvalue weighted by Crippen LogP contribution is 2.00. The maximum absolute atomic E-state index is 7.93. The Morgan fingerprint density at radius 3 is 2.33 bits per heavy atom. The molecule has 0 fully saturated rings. The Bertz CT molecular complexity index is 93.7. The van der Waals surface area contributed by atoms with E-state index in [9.17, 15) is 0 Å². The van der Waals surface area contributed by atoms with Crippen LogP contribution in [0.25, 0.3) is 0 Å². The summed E-state index contributed by atoms with van der Waals surface area (Å²) in [5, 5.41) is 7.93. The fourth-order valence-electron chi connectivity index (χ4n) is 0.445. The molecule has 9 heavy (non-hydrogen) atoms. The molecule has 0 saturated heterocycles. The molecule has 0 saturated carbocycles. The van der Waals surface area contributed by atoms with Gasteiger partial charge in [0, 0.05) is 0 Å². The molecule has 0 heterocycles. The molecular weight excluding hydrogens is 132 g/mol. The van der Waals surface area contributed by atoms with Crippen LogP contribution >= 0.6 is 0 Å². The van der Waals surface area contributed by atoms with Gasteiger partial charge in [-0.3, -0.25) is 5.26 Å². The molecule has 0 aromatic heterocycles. The summed E-state index contributed by atoms with van der Waals surface area (Å²) in [4.78, 5) is 3.87. The van der Waals surface area contributed by atoms with Crippen LogP contribution in [-0.4, -0.2) is 19.9 Å². The summed E-state index contributed by atoms with van der Waals surface area (Å²) in [6.45, 7) is 6.98. The molecule has 0 bridgehead atoms. The topological polar surface area (TPSA) is 29.5 Å². The van der Waals surface area contributed by atoms with Gasteiger partial charge in [0.05, 0.1) is 14.7 Å². The van der Waals surface area contributed by atoms with E-state index < -0.39 is 8.07 Å². The predicted molar refractivity (Wildman–Crippen MR) is 41.1 cm³/mol. The second-order valence-corrected chi connectivity index (χ2v) is 8.13. The van der Waals surface area contributed by atoms with E-state index >= 15 is 0 Å². The van der Waals surface area contributed by atoms with Crippen molar-refractivity contribution in [1.29, 1.82) is 0 Å². The van der Waals surface area contributed by atoms with Crippen molar-refractivity contribution in [2.45, 2.75) is 19.6 Å². The highest BCUT2D eigenvalue weighted by molar-refractivity contribution is 6.80. The van der Waals surface area contributed by atoms with Gasteiger partial charge in [0.1, 0.15) is 0 Å². The van der Waals surface area contributed by atoms with E-state index in [1.165, 1.54) is 0 Å². The van der Waals surface area contributed by atoms with Gasteiger partial charge in [0.15, 0.2) is 0 Å². The first-order chi connectivity index (χ1) is 4.06. The van der Waals surface area contributed by atoms with Gasteiger partial charge in [0.2, 0.25) is 0 Å². The van der Waals surface area contributed by atoms with Gasteiger partial charge in [-0.1, -0.05) is 31.4 Å². The zero-order chi connectivity index (χ0) is 7.33. The summed E-state index contributed by atoms with van der Waals surface area (Å²) in [6.07, 6.45) is 1.85. The summed E-state index contributed by atoms with van der Waals surface area (Å²) >= 11 is 0. The van der Waals surface area contributed by atoms with Gasteiger partial charge < -0.3 is 0 Å². The minimum atomic E-state index is -1.07. The lowest BCUT2D eigenvalue weighted by atomic mass is 10.7. The van der Waals surface area contributed by atoms with E-state index in [-0.39, 0.29) is 0 Å². The molecule has 0 aliphatic carbocycles. The van der Waals surface area contributed by atoms with Crippen LogP contribution in [0.3, 0.4) is 0 Å². The molecule has 54 valence electrons. The van der Waals surface area contributed by atoms with Gasteiger partial charge in [-0.2, -0.15) is 0 Å². The Kier molecular flexibility index (Phi) is 3.77. The van der Waals surface area contributed by atoms with E-state index in [1.54, 1.807) is 0 Å². The lowest BCUT2D eigenvalue weighted by Crippen LogP contribution is -2.15. The van der Waals surface area contributed by atoms with Crippen LogP contribution in [0.4, 0.5) is 0 Å². The molecule has 0 atom stereocenters. The third-order valence-corrected chi connectivity index (χ3v) is 2.02. The smallest absolute Gasteiger partial charge is 0.0997 e. The zero-order valence-corrected chi connectivity index (χ0v) is 7.22. The van der Waals surface area contributed by atoms with E-state index in [2.05, 4.69) is 30.2 Å². The Labute approximate surface area is 57.1 Å². The Morgan fingerprint density at radius 2 is 2.00 bits per heavy atom. The summed E-state index contributed by atoms with van der Waals surface area (Å²) in [5.74, 6) is 0. The highest BCUT2D eigenvalue weighted by Gasteiger charge is 2.05. The van der Waals surface area contributed by atoms with Crippen molar-refractivity contribution in [3.8, 4) is 0 Å². The Balaban J connectivity index is 3.45. The molecule has 0 amide bonds. The van der Waals surface area contributed by atoms with Gasteiger partial charge >= 0.3 is 0 Å². The third-order valence-electron chi connectivity index (χ3n) is 0.789. The van der Waals surface area contributed by atoms with Crippen molar-refractivity contribution in [3.63, 3.8) is 0 Å². The van der Waals surface area contributed by atoms with Crippen molar-refractivity contribution >= 4 is 8.07 Å². The molecule has 1 N–H and O–H groups in total. The van der Waals surface area contributed by atoms with E-state index in [0.717, 1.165) is 0 Å². The monoisotopic (exact) mass is 146 g/mol. The van der Waals surface area contributed by atoms with Gasteiger partial charge in [-0.25, -0.2) is 4.89 Å². The Morgan fingerprint density at radius 1 is 1.44 bits per heavy atom. The molecule has 0 radical (unpaired) electrons. The average molecular weight is 146 g/mol. The fraction of sp³-hybridized carbons (Fsp3) is 0.667. The van der Waals surface area contributed by atoms with Gasteiger partial charge in [0.25, 0.3) is 0 Å². The second-order valence-electron chi connectivity index (χ2n) is 3.06. The maximum Gasteiger partial charge on any atom is 0.0997 e. The first kappa shape index (κ1) is 8.88. The molecule has 0 rings (SSSR count). The van der Waals surface area contributed by atoms with E-state index in [0.29, 0.717) is 6.61 Å². The molecule has 2 nitrogen and oxygen atoms in total. The van der Waals surface area contributed by atoms with Crippen molar-refractivity contribution in [3.05, 3.63) is 11.8 Å². The average Bonchev–Trinajstić information content (AvgIpc) is 1.63.